The van der Waals surface area contributed by atoms with Crippen LogP contribution < -0.4 is 4.74 Å². The molecule has 112 valence electrons. The molecule has 2 aromatic rings. The van der Waals surface area contributed by atoms with Crippen molar-refractivity contribution in [1.29, 1.82) is 0 Å². The molecule has 0 heterocycles. The Labute approximate surface area is 135 Å². The minimum Gasteiger partial charge on any atom is -0.487 e. The SMILES string of the molecule is Cc1ccc(OCc2ccc(F)c(Br)c2)c(S(=O)(=O)Cl)c1. The first-order valence-electron chi connectivity index (χ1n) is 5.89. The lowest BCUT2D eigenvalue weighted by Gasteiger charge is -2.11. The molecule has 3 nitrogen and oxygen atoms in total. The third kappa shape index (κ3) is 4.18. The van der Waals surface area contributed by atoms with E-state index in [-0.39, 0.29) is 23.1 Å². The zero-order chi connectivity index (χ0) is 15.6. The van der Waals surface area contributed by atoms with Crippen molar-refractivity contribution in [2.75, 3.05) is 0 Å². The van der Waals surface area contributed by atoms with Gasteiger partial charge < -0.3 is 4.74 Å². The zero-order valence-corrected chi connectivity index (χ0v) is 14.1. The molecule has 0 saturated carbocycles. The second-order valence-electron chi connectivity index (χ2n) is 4.43. The molecular formula is C14H11BrClFO3S. The van der Waals surface area contributed by atoms with Crippen molar-refractivity contribution in [3.63, 3.8) is 0 Å². The number of rotatable bonds is 4. The average Bonchev–Trinajstić information content (AvgIpc) is 2.40. The van der Waals surface area contributed by atoms with Crippen LogP contribution in [0, 0.1) is 12.7 Å². The molecule has 0 saturated heterocycles. The Morgan fingerprint density at radius 2 is 1.95 bits per heavy atom. The van der Waals surface area contributed by atoms with E-state index in [4.69, 9.17) is 15.4 Å². The average molecular weight is 394 g/mol. The van der Waals surface area contributed by atoms with E-state index in [0.717, 1.165) is 5.56 Å². The van der Waals surface area contributed by atoms with Gasteiger partial charge in [0.1, 0.15) is 23.1 Å². The Hall–Kier alpha value is -1.11. The molecule has 0 fully saturated rings. The fourth-order valence-electron chi connectivity index (χ4n) is 1.72. The second-order valence-corrected chi connectivity index (χ2v) is 7.81. The molecule has 0 aliphatic carbocycles. The van der Waals surface area contributed by atoms with Crippen molar-refractivity contribution in [3.8, 4) is 5.75 Å². The van der Waals surface area contributed by atoms with Crippen LogP contribution in [0.2, 0.25) is 0 Å². The van der Waals surface area contributed by atoms with Gasteiger partial charge in [-0.15, -0.1) is 0 Å². The first-order valence-corrected chi connectivity index (χ1v) is 8.99. The Balaban J connectivity index is 2.26. The number of hydrogen-bond acceptors (Lipinski definition) is 3. The van der Waals surface area contributed by atoms with Crippen LogP contribution in [-0.2, 0) is 15.7 Å². The Morgan fingerprint density at radius 3 is 2.57 bits per heavy atom. The highest BCUT2D eigenvalue weighted by molar-refractivity contribution is 9.10. The summed E-state index contributed by atoms with van der Waals surface area (Å²) in [5.74, 6) is -0.214. The molecule has 7 heteroatoms. The maximum absolute atomic E-state index is 13.1. The predicted molar refractivity (Wildman–Crippen MR) is 82.6 cm³/mol. The molecule has 0 N–H and O–H groups in total. The predicted octanol–water partition coefficient (Wildman–Crippen LogP) is 4.40. The summed E-state index contributed by atoms with van der Waals surface area (Å²) < 4.78 is 42.0. The molecule has 0 aliphatic rings. The van der Waals surface area contributed by atoms with Crippen LogP contribution in [0.25, 0.3) is 0 Å². The first-order chi connectivity index (χ1) is 9.77. The summed E-state index contributed by atoms with van der Waals surface area (Å²) >= 11 is 3.08. The van der Waals surface area contributed by atoms with Crippen molar-refractivity contribution in [2.24, 2.45) is 0 Å². The summed E-state index contributed by atoms with van der Waals surface area (Å²) in [5, 5.41) is 0. The van der Waals surface area contributed by atoms with Gasteiger partial charge in [-0.25, -0.2) is 12.8 Å². The topological polar surface area (TPSA) is 43.4 Å². The highest BCUT2D eigenvalue weighted by Crippen LogP contribution is 2.29. The Morgan fingerprint density at radius 1 is 1.24 bits per heavy atom. The van der Waals surface area contributed by atoms with E-state index in [0.29, 0.717) is 10.0 Å². The summed E-state index contributed by atoms with van der Waals surface area (Å²) in [5.41, 5.74) is 1.45. The van der Waals surface area contributed by atoms with E-state index in [2.05, 4.69) is 15.9 Å². The highest BCUT2D eigenvalue weighted by atomic mass is 79.9. The molecule has 0 spiro atoms. The van der Waals surface area contributed by atoms with E-state index in [1.54, 1.807) is 31.2 Å². The lowest BCUT2D eigenvalue weighted by molar-refractivity contribution is 0.298. The third-order valence-corrected chi connectivity index (χ3v) is 4.69. The van der Waals surface area contributed by atoms with Gasteiger partial charge in [0.05, 0.1) is 4.47 Å². The van der Waals surface area contributed by atoms with Crippen molar-refractivity contribution in [2.45, 2.75) is 18.4 Å². The minimum absolute atomic E-state index is 0.0784. The van der Waals surface area contributed by atoms with Gasteiger partial charge in [0, 0.05) is 10.7 Å². The molecule has 0 bridgehead atoms. The van der Waals surface area contributed by atoms with Gasteiger partial charge in [0.25, 0.3) is 9.05 Å². The van der Waals surface area contributed by atoms with E-state index in [1.165, 1.54) is 12.1 Å². The summed E-state index contributed by atoms with van der Waals surface area (Å²) in [4.78, 5) is -0.0784. The molecule has 0 atom stereocenters. The zero-order valence-electron chi connectivity index (χ0n) is 10.9. The number of ether oxygens (including phenoxy) is 1. The second kappa shape index (κ2) is 6.34. The minimum atomic E-state index is -3.90. The van der Waals surface area contributed by atoms with E-state index in [9.17, 15) is 12.8 Å². The fraction of sp³-hybridized carbons (Fsp3) is 0.143. The maximum Gasteiger partial charge on any atom is 0.264 e. The largest absolute Gasteiger partial charge is 0.487 e. The summed E-state index contributed by atoms with van der Waals surface area (Å²) in [7, 11) is 1.50. The highest BCUT2D eigenvalue weighted by Gasteiger charge is 2.17. The van der Waals surface area contributed by atoms with Crippen molar-refractivity contribution >= 4 is 35.7 Å². The van der Waals surface area contributed by atoms with Crippen LogP contribution in [0.1, 0.15) is 11.1 Å². The van der Waals surface area contributed by atoms with Crippen LogP contribution in [0.5, 0.6) is 5.75 Å². The van der Waals surface area contributed by atoms with Crippen LogP contribution >= 0.6 is 26.6 Å². The van der Waals surface area contributed by atoms with E-state index < -0.39 is 9.05 Å². The molecule has 0 amide bonds. The van der Waals surface area contributed by atoms with Gasteiger partial charge in [0.2, 0.25) is 0 Å². The van der Waals surface area contributed by atoms with Crippen LogP contribution in [-0.4, -0.2) is 8.42 Å². The smallest absolute Gasteiger partial charge is 0.264 e. The van der Waals surface area contributed by atoms with Gasteiger partial charge in [-0.2, -0.15) is 0 Å². The summed E-state index contributed by atoms with van der Waals surface area (Å²) in [6, 6.07) is 9.14. The molecule has 2 rings (SSSR count). The summed E-state index contributed by atoms with van der Waals surface area (Å²) in [6.45, 7) is 1.85. The van der Waals surface area contributed by atoms with Crippen LogP contribution in [0.3, 0.4) is 0 Å². The van der Waals surface area contributed by atoms with Crippen molar-refractivity contribution in [3.05, 3.63) is 57.8 Å². The lowest BCUT2D eigenvalue weighted by atomic mass is 10.2. The Kier molecular flexibility index (Phi) is 4.91. The number of hydrogen-bond donors (Lipinski definition) is 0. The monoisotopic (exact) mass is 392 g/mol. The van der Waals surface area contributed by atoms with Gasteiger partial charge in [0.15, 0.2) is 0 Å². The number of aryl methyl sites for hydroxylation is 1. The molecular weight excluding hydrogens is 383 g/mol. The van der Waals surface area contributed by atoms with Gasteiger partial charge in [-0.05, 0) is 58.2 Å². The Bertz CT molecular complexity index is 778. The van der Waals surface area contributed by atoms with E-state index in [1.807, 2.05) is 0 Å². The van der Waals surface area contributed by atoms with Crippen molar-refractivity contribution in [1.82, 2.24) is 0 Å². The molecule has 0 aliphatic heterocycles. The lowest BCUT2D eigenvalue weighted by Crippen LogP contribution is -2.01. The first kappa shape index (κ1) is 16.3. The van der Waals surface area contributed by atoms with Gasteiger partial charge >= 0.3 is 0 Å². The molecule has 0 unspecified atom stereocenters. The molecule has 2 aromatic carbocycles. The number of halogens is 3. The van der Waals surface area contributed by atoms with Gasteiger partial charge in [-0.1, -0.05) is 12.1 Å². The standard InChI is InChI=1S/C14H11BrClFO3S/c1-9-2-5-13(14(6-9)21(16,18)19)20-8-10-3-4-12(17)11(15)7-10/h2-7H,8H2,1H3. The fourth-order valence-corrected chi connectivity index (χ4v) is 3.20. The quantitative estimate of drug-likeness (QED) is 0.723. The van der Waals surface area contributed by atoms with Crippen molar-refractivity contribution < 1.29 is 17.5 Å². The number of benzene rings is 2. The molecule has 0 aromatic heterocycles. The third-order valence-electron chi connectivity index (χ3n) is 2.74. The molecule has 21 heavy (non-hydrogen) atoms. The van der Waals surface area contributed by atoms with Gasteiger partial charge in [-0.3, -0.25) is 0 Å². The van der Waals surface area contributed by atoms with Crippen LogP contribution in [0.4, 0.5) is 4.39 Å². The maximum atomic E-state index is 13.1. The summed E-state index contributed by atoms with van der Waals surface area (Å²) in [6.07, 6.45) is 0. The molecule has 0 radical (unpaired) electrons. The normalized spacial score (nSPS) is 11.4. The van der Waals surface area contributed by atoms with Crippen LogP contribution in [0.15, 0.2) is 45.8 Å². The van der Waals surface area contributed by atoms with E-state index >= 15 is 0 Å².